The molecule has 0 saturated heterocycles. The monoisotopic (exact) mass is 650 g/mol. The first-order valence-electron chi connectivity index (χ1n) is 15.4. The SMILES string of the molecule is [Zn+2].c1ccc(-c2cccc3ccc4c5ccccc5[n-]c4c23)nc1.c1ccc(-c2cccc3ccc4c5ccccc5[n-]c4c23)nc1. The van der Waals surface area contributed by atoms with Gasteiger partial charge in [0, 0.05) is 23.5 Å². The Morgan fingerprint density at radius 3 is 1.26 bits per heavy atom. The van der Waals surface area contributed by atoms with Crippen LogP contribution in [-0.4, -0.2) is 9.97 Å². The van der Waals surface area contributed by atoms with Crippen molar-refractivity contribution < 1.29 is 19.5 Å². The minimum Gasteiger partial charge on any atom is -0.656 e. The van der Waals surface area contributed by atoms with E-state index in [4.69, 9.17) is 9.97 Å². The zero-order valence-corrected chi connectivity index (χ0v) is 28.5. The molecule has 0 saturated carbocycles. The van der Waals surface area contributed by atoms with Crippen LogP contribution in [0.5, 0.6) is 0 Å². The van der Waals surface area contributed by atoms with E-state index in [0.29, 0.717) is 0 Å². The minimum absolute atomic E-state index is 0. The van der Waals surface area contributed by atoms with E-state index in [2.05, 4.69) is 119 Å². The molecule has 47 heavy (non-hydrogen) atoms. The van der Waals surface area contributed by atoms with Crippen molar-refractivity contribution in [2.75, 3.05) is 0 Å². The molecule has 0 bridgehead atoms. The maximum Gasteiger partial charge on any atom is 2.00 e. The summed E-state index contributed by atoms with van der Waals surface area (Å²) in [5.41, 5.74) is 8.45. The molecule has 4 heterocycles. The van der Waals surface area contributed by atoms with Crippen LogP contribution in [0.4, 0.5) is 0 Å². The van der Waals surface area contributed by atoms with E-state index in [1.54, 1.807) is 0 Å². The third kappa shape index (κ3) is 4.88. The molecule has 0 atom stereocenters. The number of benzene rings is 6. The second-order valence-corrected chi connectivity index (χ2v) is 11.4. The molecule has 6 aromatic carbocycles. The maximum atomic E-state index is 4.90. The zero-order valence-electron chi connectivity index (χ0n) is 25.5. The Labute approximate surface area is 283 Å². The van der Waals surface area contributed by atoms with Gasteiger partial charge in [-0.25, -0.2) is 0 Å². The van der Waals surface area contributed by atoms with Crippen LogP contribution >= 0.6 is 0 Å². The molecule has 0 radical (unpaired) electrons. The molecule has 0 fully saturated rings. The van der Waals surface area contributed by atoms with Crippen molar-refractivity contribution in [2.24, 2.45) is 0 Å². The Morgan fingerprint density at radius 2 is 0.809 bits per heavy atom. The Balaban J connectivity index is 0.000000135. The van der Waals surface area contributed by atoms with Gasteiger partial charge < -0.3 is 9.97 Å². The summed E-state index contributed by atoms with van der Waals surface area (Å²) in [6.45, 7) is 0. The fourth-order valence-corrected chi connectivity index (χ4v) is 6.70. The third-order valence-electron chi connectivity index (χ3n) is 8.77. The van der Waals surface area contributed by atoms with Crippen LogP contribution in [0.1, 0.15) is 0 Å². The van der Waals surface area contributed by atoms with E-state index in [0.717, 1.165) is 44.6 Å². The quantitative estimate of drug-likeness (QED) is 0.175. The Hall–Kier alpha value is -5.64. The minimum atomic E-state index is 0. The molecule has 0 aliphatic carbocycles. The van der Waals surface area contributed by atoms with Crippen molar-refractivity contribution in [3.63, 3.8) is 0 Å². The van der Waals surface area contributed by atoms with Gasteiger partial charge >= 0.3 is 19.5 Å². The predicted octanol–water partition coefficient (Wildman–Crippen LogP) is 10.3. The van der Waals surface area contributed by atoms with Crippen LogP contribution in [0.3, 0.4) is 0 Å². The first kappa shape index (κ1) is 28.8. The molecule has 0 amide bonds. The van der Waals surface area contributed by atoms with Gasteiger partial charge in [-0.05, 0) is 67.4 Å². The molecule has 0 aliphatic heterocycles. The standard InChI is InChI=1S/2C21H13N2.Zn/c2*1-2-10-19-15(7-1)16-12-11-14-6-5-8-17(20(14)21(16)23-19)18-9-3-4-13-22-18;/h2*1-13H;/q2*-1;+2. The number of aromatic nitrogens is 4. The largest absolute Gasteiger partial charge is 2.00 e. The van der Waals surface area contributed by atoms with Crippen LogP contribution in [-0.2, 0) is 19.5 Å². The summed E-state index contributed by atoms with van der Waals surface area (Å²) in [4.78, 5) is 18.9. The summed E-state index contributed by atoms with van der Waals surface area (Å²) in [5.74, 6) is 0. The van der Waals surface area contributed by atoms with E-state index in [1.807, 2.05) is 48.8 Å². The number of para-hydroxylation sites is 2. The van der Waals surface area contributed by atoms with E-state index in [9.17, 15) is 0 Å². The van der Waals surface area contributed by atoms with Gasteiger partial charge in [0.1, 0.15) is 0 Å². The second kappa shape index (κ2) is 11.9. The number of nitrogens with zero attached hydrogens (tertiary/aromatic N) is 4. The Bertz CT molecular complexity index is 2500. The second-order valence-electron chi connectivity index (χ2n) is 11.4. The van der Waals surface area contributed by atoms with E-state index in [1.165, 1.54) is 43.1 Å². The molecule has 10 aromatic rings. The maximum absolute atomic E-state index is 4.90. The summed E-state index contributed by atoms with van der Waals surface area (Å²) in [6, 6.07) is 50.1. The molecular formula is C42H26N4Zn. The molecular weight excluding hydrogens is 626 g/mol. The summed E-state index contributed by atoms with van der Waals surface area (Å²) in [7, 11) is 0. The number of rotatable bonds is 2. The molecule has 0 N–H and O–H groups in total. The first-order chi connectivity index (χ1) is 22.8. The predicted molar refractivity (Wildman–Crippen MR) is 191 cm³/mol. The molecule has 216 valence electrons. The normalized spacial score (nSPS) is 11.2. The number of hydrogen-bond donors (Lipinski definition) is 0. The average molecular weight is 652 g/mol. The van der Waals surface area contributed by atoms with Gasteiger partial charge in [0.25, 0.3) is 0 Å². The molecule has 5 heteroatoms. The van der Waals surface area contributed by atoms with Gasteiger partial charge in [0.2, 0.25) is 0 Å². The third-order valence-corrected chi connectivity index (χ3v) is 8.77. The topological polar surface area (TPSA) is 54.0 Å². The van der Waals surface area contributed by atoms with Crippen molar-refractivity contribution in [2.45, 2.75) is 0 Å². The molecule has 0 aliphatic rings. The van der Waals surface area contributed by atoms with Crippen LogP contribution in [0.2, 0.25) is 0 Å². The van der Waals surface area contributed by atoms with Crippen molar-refractivity contribution in [1.82, 2.24) is 19.9 Å². The molecule has 0 unspecified atom stereocenters. The summed E-state index contributed by atoms with van der Waals surface area (Å²) in [6.07, 6.45) is 3.67. The van der Waals surface area contributed by atoms with Gasteiger partial charge in [-0.1, -0.05) is 121 Å². The Kier molecular flexibility index (Phi) is 7.32. The summed E-state index contributed by atoms with van der Waals surface area (Å²) in [5, 5.41) is 9.58. The molecule has 10 rings (SSSR count). The van der Waals surface area contributed by atoms with Gasteiger partial charge in [0.05, 0.1) is 11.4 Å². The smallest absolute Gasteiger partial charge is 0.656 e. The average Bonchev–Trinajstić information content (AvgIpc) is 3.71. The van der Waals surface area contributed by atoms with Gasteiger partial charge in [-0.15, -0.1) is 22.1 Å². The number of fused-ring (bicyclic) bond motifs is 10. The van der Waals surface area contributed by atoms with Crippen molar-refractivity contribution >= 4 is 65.2 Å². The van der Waals surface area contributed by atoms with E-state index in [-0.39, 0.29) is 19.5 Å². The molecule has 0 spiro atoms. The van der Waals surface area contributed by atoms with Gasteiger partial charge in [0.15, 0.2) is 0 Å². The number of hydrogen-bond acceptors (Lipinski definition) is 2. The first-order valence-corrected chi connectivity index (χ1v) is 15.4. The van der Waals surface area contributed by atoms with E-state index >= 15 is 0 Å². The van der Waals surface area contributed by atoms with Gasteiger partial charge in [-0.3, -0.25) is 9.97 Å². The summed E-state index contributed by atoms with van der Waals surface area (Å²) >= 11 is 0. The van der Waals surface area contributed by atoms with Crippen molar-refractivity contribution in [1.29, 1.82) is 0 Å². The van der Waals surface area contributed by atoms with Crippen LogP contribution in [0.25, 0.3) is 87.7 Å². The molecule has 4 nitrogen and oxygen atoms in total. The Morgan fingerprint density at radius 1 is 0.362 bits per heavy atom. The molecule has 4 aromatic heterocycles. The van der Waals surface area contributed by atoms with Crippen molar-refractivity contribution in [3.8, 4) is 22.5 Å². The zero-order chi connectivity index (χ0) is 30.5. The van der Waals surface area contributed by atoms with Crippen LogP contribution < -0.4 is 9.97 Å². The van der Waals surface area contributed by atoms with Crippen LogP contribution in [0.15, 0.2) is 158 Å². The number of pyridine rings is 2. The van der Waals surface area contributed by atoms with E-state index < -0.39 is 0 Å². The summed E-state index contributed by atoms with van der Waals surface area (Å²) < 4.78 is 0. The van der Waals surface area contributed by atoms with Crippen LogP contribution in [0, 0.1) is 0 Å². The van der Waals surface area contributed by atoms with Crippen molar-refractivity contribution in [3.05, 3.63) is 158 Å². The van der Waals surface area contributed by atoms with Gasteiger partial charge in [-0.2, -0.15) is 0 Å². The fraction of sp³-hybridized carbons (Fsp3) is 0. The fourth-order valence-electron chi connectivity index (χ4n) is 6.70.